The number of nitrogen functional groups attached to an aromatic ring is 1. The lowest BCUT2D eigenvalue weighted by Crippen LogP contribution is -2.04. The van der Waals surface area contributed by atoms with Crippen molar-refractivity contribution in [1.29, 1.82) is 0 Å². The van der Waals surface area contributed by atoms with E-state index in [4.69, 9.17) is 5.73 Å². The number of anilines is 2. The Kier molecular flexibility index (Phi) is 4.47. The molecule has 0 spiro atoms. The zero-order valence-corrected chi connectivity index (χ0v) is 10.0. The summed E-state index contributed by atoms with van der Waals surface area (Å²) in [5.41, 5.74) is 8.99. The molecule has 2 heteroatoms. The van der Waals surface area contributed by atoms with E-state index in [0.29, 0.717) is 0 Å². The van der Waals surface area contributed by atoms with Crippen LogP contribution < -0.4 is 11.1 Å². The Balaban J connectivity index is 2.40. The van der Waals surface area contributed by atoms with Crippen LogP contribution in [0.1, 0.15) is 32.3 Å². The first kappa shape index (κ1) is 11.9. The molecule has 1 rings (SSSR count). The van der Waals surface area contributed by atoms with Crippen molar-refractivity contribution in [2.75, 3.05) is 17.6 Å². The second-order valence-corrected chi connectivity index (χ2v) is 4.54. The molecule has 0 aliphatic rings. The molecule has 0 aliphatic heterocycles. The van der Waals surface area contributed by atoms with E-state index in [1.807, 2.05) is 12.1 Å². The van der Waals surface area contributed by atoms with E-state index in [0.717, 1.165) is 18.2 Å². The van der Waals surface area contributed by atoms with Crippen molar-refractivity contribution in [2.45, 2.75) is 33.6 Å². The number of rotatable bonds is 5. The summed E-state index contributed by atoms with van der Waals surface area (Å²) in [7, 11) is 0. The van der Waals surface area contributed by atoms with Gasteiger partial charge in [-0.25, -0.2) is 0 Å². The van der Waals surface area contributed by atoms with Crippen LogP contribution in [0.3, 0.4) is 0 Å². The molecule has 0 atom stereocenters. The van der Waals surface area contributed by atoms with Gasteiger partial charge in [0, 0.05) is 17.9 Å². The maximum Gasteiger partial charge on any atom is 0.0390 e. The van der Waals surface area contributed by atoms with Crippen molar-refractivity contribution >= 4 is 11.4 Å². The molecule has 0 heterocycles. The molecule has 1 aromatic carbocycles. The van der Waals surface area contributed by atoms with Crippen LogP contribution >= 0.6 is 0 Å². The highest BCUT2D eigenvalue weighted by atomic mass is 14.9. The minimum Gasteiger partial charge on any atom is -0.399 e. The monoisotopic (exact) mass is 206 g/mol. The molecule has 0 saturated heterocycles. The molecular weight excluding hydrogens is 184 g/mol. The predicted octanol–water partition coefficient (Wildman–Crippen LogP) is 3.43. The van der Waals surface area contributed by atoms with Crippen LogP contribution in [0.2, 0.25) is 0 Å². The molecule has 15 heavy (non-hydrogen) atoms. The second kappa shape index (κ2) is 5.64. The van der Waals surface area contributed by atoms with E-state index in [2.05, 4.69) is 32.2 Å². The third kappa shape index (κ3) is 4.24. The van der Waals surface area contributed by atoms with E-state index in [1.54, 1.807) is 0 Å². The number of benzene rings is 1. The van der Waals surface area contributed by atoms with E-state index in [9.17, 15) is 0 Å². The zero-order chi connectivity index (χ0) is 11.3. The predicted molar refractivity (Wildman–Crippen MR) is 68.2 cm³/mol. The minimum absolute atomic E-state index is 0.786. The molecule has 2 nitrogen and oxygen atoms in total. The highest BCUT2D eigenvalue weighted by molar-refractivity contribution is 5.59. The summed E-state index contributed by atoms with van der Waals surface area (Å²) in [6, 6.07) is 6.00. The van der Waals surface area contributed by atoms with Gasteiger partial charge in [0.15, 0.2) is 0 Å². The highest BCUT2D eigenvalue weighted by Crippen LogP contribution is 2.18. The average molecular weight is 206 g/mol. The van der Waals surface area contributed by atoms with E-state index < -0.39 is 0 Å². The van der Waals surface area contributed by atoms with Gasteiger partial charge in [0.05, 0.1) is 0 Å². The maximum atomic E-state index is 5.74. The quantitative estimate of drug-likeness (QED) is 0.572. The molecule has 0 radical (unpaired) electrons. The lowest BCUT2D eigenvalue weighted by Gasteiger charge is -2.11. The van der Waals surface area contributed by atoms with E-state index in [1.165, 1.54) is 24.1 Å². The van der Waals surface area contributed by atoms with Crippen LogP contribution in [-0.2, 0) is 0 Å². The number of nitrogens with two attached hydrogens (primary N) is 1. The van der Waals surface area contributed by atoms with Gasteiger partial charge < -0.3 is 11.1 Å². The van der Waals surface area contributed by atoms with Gasteiger partial charge in [-0.2, -0.15) is 0 Å². The van der Waals surface area contributed by atoms with Gasteiger partial charge in [-0.1, -0.05) is 19.9 Å². The lowest BCUT2D eigenvalue weighted by atomic mass is 10.1. The Hall–Kier alpha value is -1.18. The van der Waals surface area contributed by atoms with Crippen LogP contribution in [-0.4, -0.2) is 6.54 Å². The van der Waals surface area contributed by atoms with Crippen molar-refractivity contribution in [2.24, 2.45) is 5.92 Å². The van der Waals surface area contributed by atoms with Gasteiger partial charge in [-0.3, -0.25) is 0 Å². The Morgan fingerprint density at radius 2 is 2.07 bits per heavy atom. The first-order valence-corrected chi connectivity index (χ1v) is 5.69. The fourth-order valence-corrected chi connectivity index (χ4v) is 1.56. The summed E-state index contributed by atoms with van der Waals surface area (Å²) in [4.78, 5) is 0. The molecule has 0 fully saturated rings. The smallest absolute Gasteiger partial charge is 0.0390 e. The van der Waals surface area contributed by atoms with E-state index in [-0.39, 0.29) is 0 Å². The van der Waals surface area contributed by atoms with Crippen molar-refractivity contribution in [1.82, 2.24) is 0 Å². The van der Waals surface area contributed by atoms with Crippen molar-refractivity contribution < 1.29 is 0 Å². The normalized spacial score (nSPS) is 10.7. The zero-order valence-electron chi connectivity index (χ0n) is 10.0. The van der Waals surface area contributed by atoms with E-state index >= 15 is 0 Å². The average Bonchev–Trinajstić information content (AvgIpc) is 2.17. The molecule has 0 saturated carbocycles. The summed E-state index contributed by atoms with van der Waals surface area (Å²) in [6.45, 7) is 7.64. The Labute approximate surface area is 92.9 Å². The van der Waals surface area contributed by atoms with Crippen LogP contribution in [0.15, 0.2) is 18.2 Å². The molecular formula is C13H22N2. The third-order valence-corrected chi connectivity index (χ3v) is 2.54. The summed E-state index contributed by atoms with van der Waals surface area (Å²) < 4.78 is 0. The van der Waals surface area contributed by atoms with Crippen molar-refractivity contribution in [3.63, 3.8) is 0 Å². The molecule has 1 aromatic rings. The second-order valence-electron chi connectivity index (χ2n) is 4.54. The standard InChI is InChI=1S/C13H22N2/c1-10(2)5-4-8-15-13-9-12(14)7-6-11(13)3/h6-7,9-10,15H,4-5,8,14H2,1-3H3. The molecule has 0 amide bonds. The Morgan fingerprint density at radius 3 is 2.73 bits per heavy atom. The van der Waals surface area contributed by atoms with Gasteiger partial charge in [0.25, 0.3) is 0 Å². The van der Waals surface area contributed by atoms with Gasteiger partial charge in [0.2, 0.25) is 0 Å². The summed E-state index contributed by atoms with van der Waals surface area (Å²) in [5.74, 6) is 0.786. The number of hydrogen-bond acceptors (Lipinski definition) is 2. The molecule has 3 N–H and O–H groups in total. The molecule has 0 unspecified atom stereocenters. The molecule has 84 valence electrons. The SMILES string of the molecule is Cc1ccc(N)cc1NCCCC(C)C. The van der Waals surface area contributed by atoms with Crippen molar-refractivity contribution in [3.8, 4) is 0 Å². The van der Waals surface area contributed by atoms with Crippen LogP contribution in [0.4, 0.5) is 11.4 Å². The number of nitrogens with one attached hydrogen (secondary N) is 1. The Morgan fingerprint density at radius 1 is 1.33 bits per heavy atom. The third-order valence-electron chi connectivity index (χ3n) is 2.54. The molecule has 0 aromatic heterocycles. The van der Waals surface area contributed by atoms with Crippen molar-refractivity contribution in [3.05, 3.63) is 23.8 Å². The number of aryl methyl sites for hydroxylation is 1. The van der Waals surface area contributed by atoms with Crippen LogP contribution in [0.5, 0.6) is 0 Å². The number of hydrogen-bond donors (Lipinski definition) is 2. The van der Waals surface area contributed by atoms with Gasteiger partial charge >= 0.3 is 0 Å². The molecule has 0 aliphatic carbocycles. The Bertz CT molecular complexity index is 305. The summed E-state index contributed by atoms with van der Waals surface area (Å²) in [6.07, 6.45) is 2.49. The summed E-state index contributed by atoms with van der Waals surface area (Å²) >= 11 is 0. The van der Waals surface area contributed by atoms with Gasteiger partial charge in [0.1, 0.15) is 0 Å². The first-order valence-electron chi connectivity index (χ1n) is 5.69. The topological polar surface area (TPSA) is 38.0 Å². The first-order chi connectivity index (χ1) is 7.09. The summed E-state index contributed by atoms with van der Waals surface area (Å²) in [5, 5.41) is 3.43. The fraction of sp³-hybridized carbons (Fsp3) is 0.538. The maximum absolute atomic E-state index is 5.74. The minimum atomic E-state index is 0.786. The fourth-order valence-electron chi connectivity index (χ4n) is 1.56. The largest absolute Gasteiger partial charge is 0.399 e. The van der Waals surface area contributed by atoms with Crippen LogP contribution in [0, 0.1) is 12.8 Å². The highest BCUT2D eigenvalue weighted by Gasteiger charge is 1.98. The van der Waals surface area contributed by atoms with Gasteiger partial charge in [-0.15, -0.1) is 0 Å². The lowest BCUT2D eigenvalue weighted by molar-refractivity contribution is 0.567. The van der Waals surface area contributed by atoms with Crippen LogP contribution in [0.25, 0.3) is 0 Å². The molecule has 0 bridgehead atoms. The van der Waals surface area contributed by atoms with Gasteiger partial charge in [-0.05, 0) is 43.4 Å².